The van der Waals surface area contributed by atoms with Gasteiger partial charge in [0, 0.05) is 28.4 Å². The molecule has 2 aromatic carbocycles. The number of hydrogen-bond donors (Lipinski definition) is 3. The average molecular weight is 464 g/mol. The number of sulfonamides is 1. The highest BCUT2D eigenvalue weighted by molar-refractivity contribution is 7.89. The van der Waals surface area contributed by atoms with Gasteiger partial charge in [-0.3, -0.25) is 9.89 Å². The number of benzene rings is 2. The van der Waals surface area contributed by atoms with E-state index in [0.717, 1.165) is 53.4 Å². The Morgan fingerprint density at radius 1 is 1.06 bits per heavy atom. The Morgan fingerprint density at radius 3 is 2.58 bits per heavy atom. The van der Waals surface area contributed by atoms with Gasteiger partial charge in [-0.15, -0.1) is 0 Å². The molecule has 0 saturated carbocycles. The maximum Gasteiger partial charge on any atom is 0.251 e. The smallest absolute Gasteiger partial charge is 0.251 e. The lowest BCUT2D eigenvalue weighted by Crippen LogP contribution is -2.32. The summed E-state index contributed by atoms with van der Waals surface area (Å²) < 4.78 is 25.3. The standard InChI is InChI=1S/C24H25N5O3S/c1-25-33(31,32)13-12-26-24(30)16-8-6-15(7-9-16)23-18-5-3-2-4-17(18)22-19-14-27-29-20(19)10-11-21(22)28-23/h6-11,14,25H,2-5,12-13H2,1H3,(H,26,30)(H,27,29). The molecule has 0 bridgehead atoms. The van der Waals surface area contributed by atoms with Crippen molar-refractivity contribution < 1.29 is 13.2 Å². The number of H-pyrrole nitrogens is 1. The molecule has 170 valence electrons. The van der Waals surface area contributed by atoms with Crippen LogP contribution in [-0.2, 0) is 22.9 Å². The van der Waals surface area contributed by atoms with Crippen molar-refractivity contribution in [3.63, 3.8) is 0 Å². The molecular formula is C24H25N5O3S. The minimum Gasteiger partial charge on any atom is -0.351 e. The monoisotopic (exact) mass is 463 g/mol. The molecule has 8 nitrogen and oxygen atoms in total. The van der Waals surface area contributed by atoms with Gasteiger partial charge in [-0.2, -0.15) is 5.10 Å². The van der Waals surface area contributed by atoms with Gasteiger partial charge < -0.3 is 5.32 Å². The van der Waals surface area contributed by atoms with Crippen molar-refractivity contribution in [2.75, 3.05) is 19.3 Å². The van der Waals surface area contributed by atoms with Crippen molar-refractivity contribution >= 4 is 37.7 Å². The van der Waals surface area contributed by atoms with E-state index in [1.54, 1.807) is 12.1 Å². The van der Waals surface area contributed by atoms with Crippen molar-refractivity contribution in [3.8, 4) is 11.3 Å². The number of pyridine rings is 1. The predicted molar refractivity (Wildman–Crippen MR) is 129 cm³/mol. The summed E-state index contributed by atoms with van der Waals surface area (Å²) in [5.74, 6) is -0.464. The Bertz CT molecular complexity index is 1460. The third-order valence-corrected chi connectivity index (χ3v) is 7.64. The van der Waals surface area contributed by atoms with Crippen molar-refractivity contribution in [2.24, 2.45) is 0 Å². The van der Waals surface area contributed by atoms with Gasteiger partial charge >= 0.3 is 0 Å². The highest BCUT2D eigenvalue weighted by Crippen LogP contribution is 2.37. The fourth-order valence-electron chi connectivity index (χ4n) is 4.57. The van der Waals surface area contributed by atoms with Crippen LogP contribution in [0.3, 0.4) is 0 Å². The number of aromatic amines is 1. The second kappa shape index (κ2) is 8.57. The van der Waals surface area contributed by atoms with Crippen molar-refractivity contribution in [2.45, 2.75) is 25.7 Å². The van der Waals surface area contributed by atoms with Crippen LogP contribution < -0.4 is 10.0 Å². The SMILES string of the molecule is CNS(=O)(=O)CCNC(=O)c1ccc(-c2nc3ccc4[nH]ncc4c3c3c2CCCC3)cc1. The van der Waals surface area contributed by atoms with E-state index in [1.807, 2.05) is 30.5 Å². The number of nitrogens with zero attached hydrogens (tertiary/aromatic N) is 2. The second-order valence-corrected chi connectivity index (χ2v) is 10.3. The Morgan fingerprint density at radius 2 is 1.82 bits per heavy atom. The molecule has 2 aromatic heterocycles. The fraction of sp³-hybridized carbons (Fsp3) is 0.292. The van der Waals surface area contributed by atoms with E-state index in [9.17, 15) is 13.2 Å². The molecule has 0 atom stereocenters. The van der Waals surface area contributed by atoms with Gasteiger partial charge in [-0.25, -0.2) is 18.1 Å². The van der Waals surface area contributed by atoms with Gasteiger partial charge in [-0.05, 0) is 68.1 Å². The normalized spacial score (nSPS) is 13.8. The van der Waals surface area contributed by atoms with Crippen LogP contribution in [-0.4, -0.2) is 48.9 Å². The number of amides is 1. The molecule has 4 aromatic rings. The number of rotatable bonds is 6. The van der Waals surface area contributed by atoms with E-state index >= 15 is 0 Å². The highest BCUT2D eigenvalue weighted by atomic mass is 32.2. The lowest BCUT2D eigenvalue weighted by atomic mass is 9.85. The highest BCUT2D eigenvalue weighted by Gasteiger charge is 2.21. The lowest BCUT2D eigenvalue weighted by molar-refractivity contribution is 0.0956. The van der Waals surface area contributed by atoms with Gasteiger partial charge in [0.2, 0.25) is 10.0 Å². The molecule has 3 N–H and O–H groups in total. The van der Waals surface area contributed by atoms with E-state index in [0.29, 0.717) is 5.56 Å². The summed E-state index contributed by atoms with van der Waals surface area (Å²) in [5.41, 5.74) is 7.01. The van der Waals surface area contributed by atoms with Crippen LogP contribution in [0.15, 0.2) is 42.6 Å². The van der Waals surface area contributed by atoms with Crippen LogP contribution in [0, 0.1) is 0 Å². The summed E-state index contributed by atoms with van der Waals surface area (Å²) in [6.07, 6.45) is 6.15. The van der Waals surface area contributed by atoms with Crippen molar-refractivity contribution in [1.29, 1.82) is 0 Å². The van der Waals surface area contributed by atoms with Gasteiger partial charge in [0.15, 0.2) is 0 Å². The Hall–Kier alpha value is -3.30. The molecule has 9 heteroatoms. The molecule has 2 heterocycles. The minimum atomic E-state index is -3.36. The molecule has 0 saturated heterocycles. The zero-order valence-corrected chi connectivity index (χ0v) is 19.1. The molecular weight excluding hydrogens is 438 g/mol. The van der Waals surface area contributed by atoms with Crippen LogP contribution in [0.5, 0.6) is 0 Å². The lowest BCUT2D eigenvalue weighted by Gasteiger charge is -2.22. The van der Waals surface area contributed by atoms with Crippen LogP contribution in [0.25, 0.3) is 33.1 Å². The van der Waals surface area contributed by atoms with E-state index in [4.69, 9.17) is 4.98 Å². The second-order valence-electron chi connectivity index (χ2n) is 8.27. The summed E-state index contributed by atoms with van der Waals surface area (Å²) >= 11 is 0. The number of aromatic nitrogens is 3. The van der Waals surface area contributed by atoms with Gasteiger partial charge in [0.1, 0.15) is 0 Å². The number of hydrogen-bond acceptors (Lipinski definition) is 5. The predicted octanol–water partition coefficient (Wildman–Crippen LogP) is 2.94. The first-order chi connectivity index (χ1) is 16.0. The topological polar surface area (TPSA) is 117 Å². The van der Waals surface area contributed by atoms with Gasteiger partial charge in [0.25, 0.3) is 5.91 Å². The van der Waals surface area contributed by atoms with Gasteiger partial charge in [0.05, 0.1) is 28.7 Å². The summed E-state index contributed by atoms with van der Waals surface area (Å²) in [4.78, 5) is 17.5. The van der Waals surface area contributed by atoms with Crippen LogP contribution in [0.2, 0.25) is 0 Å². The molecule has 0 fully saturated rings. The molecule has 33 heavy (non-hydrogen) atoms. The third-order valence-electron chi connectivity index (χ3n) is 6.28. The maximum atomic E-state index is 12.4. The molecule has 1 aliphatic carbocycles. The zero-order chi connectivity index (χ0) is 23.0. The molecule has 0 radical (unpaired) electrons. The molecule has 1 aliphatic rings. The van der Waals surface area contributed by atoms with Crippen molar-refractivity contribution in [3.05, 3.63) is 59.3 Å². The van der Waals surface area contributed by atoms with Gasteiger partial charge in [-0.1, -0.05) is 12.1 Å². The first-order valence-corrected chi connectivity index (χ1v) is 12.7. The Kier molecular flexibility index (Phi) is 5.59. The summed E-state index contributed by atoms with van der Waals surface area (Å²) in [6, 6.07) is 11.4. The van der Waals surface area contributed by atoms with Crippen LogP contribution >= 0.6 is 0 Å². The Balaban J connectivity index is 1.47. The molecule has 5 rings (SSSR count). The number of carbonyl (C=O) groups is 1. The minimum absolute atomic E-state index is 0.0476. The van der Waals surface area contributed by atoms with Crippen LogP contribution in [0.1, 0.15) is 34.3 Å². The fourth-order valence-corrected chi connectivity index (χ4v) is 5.14. The molecule has 1 amide bonds. The number of aryl methyl sites for hydroxylation is 1. The molecule has 0 unspecified atom stereocenters. The summed E-state index contributed by atoms with van der Waals surface area (Å²) in [6.45, 7) is 0.0476. The summed E-state index contributed by atoms with van der Waals surface area (Å²) in [5, 5.41) is 12.2. The largest absolute Gasteiger partial charge is 0.351 e. The van der Waals surface area contributed by atoms with Crippen LogP contribution in [0.4, 0.5) is 0 Å². The number of fused-ring (bicyclic) bond motifs is 5. The van der Waals surface area contributed by atoms with E-state index in [2.05, 4.69) is 20.2 Å². The number of carbonyl (C=O) groups excluding carboxylic acids is 1. The average Bonchev–Trinajstić information content (AvgIpc) is 3.32. The molecule has 0 aliphatic heterocycles. The van der Waals surface area contributed by atoms with E-state index < -0.39 is 10.0 Å². The van der Waals surface area contributed by atoms with Crippen molar-refractivity contribution in [1.82, 2.24) is 25.2 Å². The quantitative estimate of drug-likeness (QED) is 0.406. The number of nitrogens with one attached hydrogen (secondary N) is 3. The Labute approximate surface area is 191 Å². The zero-order valence-electron chi connectivity index (χ0n) is 18.3. The maximum absolute atomic E-state index is 12.4. The first kappa shape index (κ1) is 21.5. The summed E-state index contributed by atoms with van der Waals surface area (Å²) in [7, 11) is -2.00. The van der Waals surface area contributed by atoms with E-state index in [1.165, 1.54) is 23.6 Å². The third kappa shape index (κ3) is 4.09. The first-order valence-electron chi connectivity index (χ1n) is 11.0. The van der Waals surface area contributed by atoms with E-state index in [-0.39, 0.29) is 18.2 Å². The molecule has 0 spiro atoms.